The van der Waals surface area contributed by atoms with Crippen molar-refractivity contribution in [2.45, 2.75) is 18.9 Å². The van der Waals surface area contributed by atoms with Crippen LogP contribution in [0.3, 0.4) is 0 Å². The summed E-state index contributed by atoms with van der Waals surface area (Å²) in [5.74, 6) is -6.66. The molecule has 6 nitrogen and oxygen atoms in total. The minimum absolute atomic E-state index is 0.621. The van der Waals surface area contributed by atoms with Gasteiger partial charge in [-0.2, -0.15) is 31.4 Å². The van der Waals surface area contributed by atoms with Gasteiger partial charge >= 0.3 is 18.3 Å². The van der Waals surface area contributed by atoms with Gasteiger partial charge in [0.1, 0.15) is 6.54 Å². The number of halogens is 6. The summed E-state index contributed by atoms with van der Waals surface area (Å²) >= 11 is 0. The normalized spacial score (nSPS) is 22.0. The van der Waals surface area contributed by atoms with Crippen LogP contribution in [0.4, 0.5) is 26.3 Å². The third kappa shape index (κ3) is 3.79. The Morgan fingerprint density at radius 1 is 1.21 bits per heavy atom. The van der Waals surface area contributed by atoms with Gasteiger partial charge in [-0.3, -0.25) is 14.3 Å². The van der Waals surface area contributed by atoms with Gasteiger partial charge in [-0.05, 0) is 6.07 Å². The van der Waals surface area contributed by atoms with Gasteiger partial charge < -0.3 is 10.0 Å². The van der Waals surface area contributed by atoms with Crippen molar-refractivity contribution in [2.24, 2.45) is 11.8 Å². The SMILES string of the molecule is O=C(O)[C@@H]1CN(C(=O)Cn2ccc(C(F)(F)F)n2)C[C@H]1C(F)(F)F. The number of carboxylic acids is 1. The zero-order valence-corrected chi connectivity index (χ0v) is 11.8. The molecule has 0 unspecified atom stereocenters. The molecule has 1 aromatic heterocycles. The molecular weight excluding hydrogens is 348 g/mol. The van der Waals surface area contributed by atoms with Crippen LogP contribution in [0.15, 0.2) is 12.3 Å². The van der Waals surface area contributed by atoms with Crippen molar-refractivity contribution in [1.29, 1.82) is 0 Å². The fourth-order valence-corrected chi connectivity index (χ4v) is 2.43. The number of carboxylic acid groups (broad SMARTS) is 1. The van der Waals surface area contributed by atoms with Gasteiger partial charge in [-0.15, -0.1) is 0 Å². The Morgan fingerprint density at radius 3 is 2.25 bits per heavy atom. The zero-order valence-electron chi connectivity index (χ0n) is 11.8. The van der Waals surface area contributed by atoms with E-state index in [-0.39, 0.29) is 0 Å². The van der Waals surface area contributed by atoms with Crippen LogP contribution in [0.5, 0.6) is 0 Å². The molecular formula is C12H11F6N3O3. The summed E-state index contributed by atoms with van der Waals surface area (Å²) in [6.07, 6.45) is -8.64. The molecule has 2 atom stereocenters. The number of hydrogen-bond acceptors (Lipinski definition) is 3. The third-order valence-corrected chi connectivity index (χ3v) is 3.64. The van der Waals surface area contributed by atoms with Crippen molar-refractivity contribution in [3.05, 3.63) is 18.0 Å². The first kappa shape index (κ1) is 18.1. The molecule has 0 aromatic carbocycles. The molecule has 1 aromatic rings. The number of likely N-dealkylation sites (tertiary alicyclic amines) is 1. The van der Waals surface area contributed by atoms with Crippen LogP contribution < -0.4 is 0 Å². The molecule has 0 spiro atoms. The van der Waals surface area contributed by atoms with E-state index in [2.05, 4.69) is 5.10 Å². The Labute approximate surface area is 130 Å². The predicted octanol–water partition coefficient (Wildman–Crippen LogP) is 1.62. The Morgan fingerprint density at radius 2 is 1.83 bits per heavy atom. The molecule has 0 bridgehead atoms. The summed E-state index contributed by atoms with van der Waals surface area (Å²) in [5, 5.41) is 12.0. The maximum atomic E-state index is 12.8. The van der Waals surface area contributed by atoms with Crippen LogP contribution in [-0.4, -0.2) is 50.9 Å². The maximum absolute atomic E-state index is 12.8. The number of alkyl halides is 6. The average molecular weight is 359 g/mol. The Balaban J connectivity index is 2.08. The highest BCUT2D eigenvalue weighted by molar-refractivity contribution is 5.79. The first-order valence-electron chi connectivity index (χ1n) is 6.57. The molecule has 134 valence electrons. The first-order valence-corrected chi connectivity index (χ1v) is 6.57. The largest absolute Gasteiger partial charge is 0.481 e. The molecule has 1 N–H and O–H groups in total. The predicted molar refractivity (Wildman–Crippen MR) is 64.5 cm³/mol. The van der Waals surface area contributed by atoms with Gasteiger partial charge in [0.15, 0.2) is 5.69 Å². The first-order chi connectivity index (χ1) is 10.9. The van der Waals surface area contributed by atoms with Crippen LogP contribution in [0.25, 0.3) is 0 Å². The lowest BCUT2D eigenvalue weighted by Crippen LogP contribution is -2.34. The smallest absolute Gasteiger partial charge is 0.435 e. The minimum atomic E-state index is -4.80. The second-order valence-corrected chi connectivity index (χ2v) is 5.29. The number of carbonyl (C=O) groups is 2. The lowest BCUT2D eigenvalue weighted by Gasteiger charge is -2.18. The number of aromatic nitrogens is 2. The van der Waals surface area contributed by atoms with Crippen molar-refractivity contribution in [3.8, 4) is 0 Å². The zero-order chi connectivity index (χ0) is 18.3. The molecule has 0 radical (unpaired) electrons. The van der Waals surface area contributed by atoms with Crippen molar-refractivity contribution in [2.75, 3.05) is 13.1 Å². The summed E-state index contributed by atoms with van der Waals surface area (Å²) in [6.45, 7) is -2.23. The Hall–Kier alpha value is -2.27. The Bertz CT molecular complexity index is 639. The van der Waals surface area contributed by atoms with E-state index in [0.717, 1.165) is 6.20 Å². The van der Waals surface area contributed by atoms with E-state index in [4.69, 9.17) is 5.11 Å². The van der Waals surface area contributed by atoms with E-state index in [9.17, 15) is 35.9 Å². The van der Waals surface area contributed by atoms with E-state index in [1.54, 1.807) is 0 Å². The van der Waals surface area contributed by atoms with Crippen LogP contribution in [0.2, 0.25) is 0 Å². The molecule has 1 saturated heterocycles. The topological polar surface area (TPSA) is 75.4 Å². The second kappa shape index (κ2) is 5.98. The van der Waals surface area contributed by atoms with Gasteiger partial charge in [0.2, 0.25) is 5.91 Å². The molecule has 2 rings (SSSR count). The lowest BCUT2D eigenvalue weighted by atomic mass is 9.96. The number of nitrogens with zero attached hydrogens (tertiary/aromatic N) is 3. The highest BCUT2D eigenvalue weighted by atomic mass is 19.4. The molecule has 12 heteroatoms. The van der Waals surface area contributed by atoms with E-state index >= 15 is 0 Å². The van der Waals surface area contributed by atoms with Gasteiger partial charge in [0.05, 0.1) is 11.8 Å². The standard InChI is InChI=1S/C12H11F6N3O3/c13-11(14,15)7-4-20(3-6(7)10(23)24)9(22)5-21-2-1-8(19-21)12(16,17)18/h1-2,6-7H,3-5H2,(H,23,24)/t6-,7-/m1/s1. The molecule has 0 saturated carbocycles. The van der Waals surface area contributed by atoms with Crippen molar-refractivity contribution in [1.82, 2.24) is 14.7 Å². The highest BCUT2D eigenvalue weighted by Gasteiger charge is 2.53. The molecule has 1 fully saturated rings. The maximum Gasteiger partial charge on any atom is 0.435 e. The summed E-state index contributed by atoms with van der Waals surface area (Å²) < 4.78 is 76.3. The summed E-state index contributed by atoms with van der Waals surface area (Å²) in [4.78, 5) is 23.5. The molecule has 0 aliphatic carbocycles. The van der Waals surface area contributed by atoms with Crippen LogP contribution in [-0.2, 0) is 22.3 Å². The number of hydrogen-bond donors (Lipinski definition) is 1. The summed E-state index contributed by atoms with van der Waals surface area (Å²) in [6, 6.07) is 0.621. The van der Waals surface area contributed by atoms with E-state index in [1.165, 1.54) is 0 Å². The Kier molecular flexibility index (Phi) is 4.50. The minimum Gasteiger partial charge on any atom is -0.481 e. The number of rotatable bonds is 3. The number of carbonyl (C=O) groups excluding carboxylic acids is 1. The summed E-state index contributed by atoms with van der Waals surface area (Å²) in [7, 11) is 0. The summed E-state index contributed by atoms with van der Waals surface area (Å²) in [5.41, 5.74) is -1.24. The number of aliphatic carboxylic acids is 1. The fraction of sp³-hybridized carbons (Fsp3) is 0.583. The average Bonchev–Trinajstić information content (AvgIpc) is 3.02. The molecule has 2 heterocycles. The van der Waals surface area contributed by atoms with Crippen molar-refractivity contribution in [3.63, 3.8) is 0 Å². The van der Waals surface area contributed by atoms with Crippen molar-refractivity contribution < 1.29 is 41.0 Å². The van der Waals surface area contributed by atoms with Crippen LogP contribution in [0, 0.1) is 11.8 Å². The van der Waals surface area contributed by atoms with E-state index in [1.807, 2.05) is 0 Å². The monoisotopic (exact) mass is 359 g/mol. The quantitative estimate of drug-likeness (QED) is 0.833. The number of amides is 1. The highest BCUT2D eigenvalue weighted by Crippen LogP contribution is 2.37. The molecule has 1 aliphatic heterocycles. The van der Waals surface area contributed by atoms with Gasteiger partial charge in [0, 0.05) is 19.3 Å². The van der Waals surface area contributed by atoms with Crippen LogP contribution >= 0.6 is 0 Å². The third-order valence-electron chi connectivity index (χ3n) is 3.64. The van der Waals surface area contributed by atoms with Crippen LogP contribution in [0.1, 0.15) is 5.69 Å². The van der Waals surface area contributed by atoms with Gasteiger partial charge in [0.25, 0.3) is 0 Å². The van der Waals surface area contributed by atoms with Gasteiger partial charge in [-0.1, -0.05) is 0 Å². The molecule has 24 heavy (non-hydrogen) atoms. The van der Waals surface area contributed by atoms with Gasteiger partial charge in [-0.25, -0.2) is 0 Å². The molecule has 1 aliphatic rings. The fourth-order valence-electron chi connectivity index (χ4n) is 2.43. The van der Waals surface area contributed by atoms with Crippen molar-refractivity contribution >= 4 is 11.9 Å². The van der Waals surface area contributed by atoms with E-state index < -0.39 is 61.4 Å². The van der Waals surface area contributed by atoms with E-state index in [0.29, 0.717) is 15.6 Å². The lowest BCUT2D eigenvalue weighted by molar-refractivity contribution is -0.188. The second-order valence-electron chi connectivity index (χ2n) is 5.29. The molecule has 1 amide bonds.